The van der Waals surface area contributed by atoms with Crippen LogP contribution in [-0.2, 0) is 9.53 Å². The van der Waals surface area contributed by atoms with Gasteiger partial charge in [-0.2, -0.15) is 0 Å². The molecule has 0 spiro atoms. The summed E-state index contributed by atoms with van der Waals surface area (Å²) in [5, 5.41) is 0. The molecule has 1 aromatic carbocycles. The molecule has 6 unspecified atom stereocenters. The summed E-state index contributed by atoms with van der Waals surface area (Å²) in [6, 6.07) is 10.4. The van der Waals surface area contributed by atoms with Gasteiger partial charge in [0, 0.05) is 17.7 Å². The van der Waals surface area contributed by atoms with Crippen LogP contribution in [0.25, 0.3) is 17.2 Å². The Bertz CT molecular complexity index is 892. The molecule has 4 rings (SSSR count). The van der Waals surface area contributed by atoms with Crippen LogP contribution >= 0.6 is 0 Å². The van der Waals surface area contributed by atoms with E-state index in [-0.39, 0.29) is 29.7 Å². The Morgan fingerprint density at radius 1 is 1.14 bits per heavy atom. The van der Waals surface area contributed by atoms with Gasteiger partial charge in [0.2, 0.25) is 0 Å². The third kappa shape index (κ3) is 3.48. The van der Waals surface area contributed by atoms with Gasteiger partial charge in [0.05, 0.1) is 11.6 Å². The highest BCUT2D eigenvalue weighted by molar-refractivity contribution is 5.75. The minimum Gasteiger partial charge on any atom is -0.462 e. The van der Waals surface area contributed by atoms with E-state index in [2.05, 4.69) is 24.9 Å². The molecule has 1 aromatic heterocycles. The predicted octanol–water partition coefficient (Wildman–Crippen LogP) is 5.37. The Kier molecular flexibility index (Phi) is 5.05. The van der Waals surface area contributed by atoms with Crippen molar-refractivity contribution in [1.82, 2.24) is 4.98 Å². The Labute approximate surface area is 165 Å². The lowest BCUT2D eigenvalue weighted by Crippen LogP contribution is -2.39. The lowest BCUT2D eigenvalue weighted by Gasteiger charge is -2.40. The third-order valence-electron chi connectivity index (χ3n) is 6.62. The molecule has 6 atom stereocenters. The molecule has 4 heteroatoms. The first-order valence-corrected chi connectivity index (χ1v) is 10.0. The number of ether oxygens (including phenoxy) is 1. The molecule has 1 saturated heterocycles. The number of allylic oxidation sites excluding steroid dienone is 1. The number of fused-ring (bicyclic) bond motifs is 1. The largest absolute Gasteiger partial charge is 0.462 e. The Morgan fingerprint density at radius 2 is 1.96 bits per heavy atom. The molecule has 0 amide bonds. The molecule has 0 N–H and O–H groups in total. The van der Waals surface area contributed by atoms with E-state index in [9.17, 15) is 9.18 Å². The molecule has 2 aromatic rings. The van der Waals surface area contributed by atoms with E-state index in [1.807, 2.05) is 31.2 Å². The predicted molar refractivity (Wildman–Crippen MR) is 108 cm³/mol. The van der Waals surface area contributed by atoms with Gasteiger partial charge < -0.3 is 4.74 Å². The van der Waals surface area contributed by atoms with Gasteiger partial charge in [0.25, 0.3) is 0 Å². The molecule has 1 saturated carbocycles. The number of cyclic esters (lactones) is 1. The molecule has 0 bridgehead atoms. The average Bonchev–Trinajstić information content (AvgIpc) is 2.96. The van der Waals surface area contributed by atoms with Gasteiger partial charge in [-0.3, -0.25) is 9.78 Å². The van der Waals surface area contributed by atoms with Crippen molar-refractivity contribution in [1.29, 1.82) is 0 Å². The number of benzene rings is 1. The van der Waals surface area contributed by atoms with Crippen molar-refractivity contribution in [2.75, 3.05) is 0 Å². The average molecular weight is 379 g/mol. The van der Waals surface area contributed by atoms with Gasteiger partial charge in [-0.05, 0) is 60.9 Å². The number of nitrogens with zero attached hydrogens (tertiary/aromatic N) is 1. The van der Waals surface area contributed by atoms with Crippen molar-refractivity contribution in [2.45, 2.75) is 33.3 Å². The highest BCUT2D eigenvalue weighted by Crippen LogP contribution is 2.48. The van der Waals surface area contributed by atoms with E-state index >= 15 is 0 Å². The summed E-state index contributed by atoms with van der Waals surface area (Å²) in [6.07, 6.45) is 6.90. The number of carbonyl (C=O) groups excluding carboxylic acids is 1. The first kappa shape index (κ1) is 18.9. The summed E-state index contributed by atoms with van der Waals surface area (Å²) in [5.74, 6) is 1.23. The summed E-state index contributed by atoms with van der Waals surface area (Å²) < 4.78 is 19.0. The van der Waals surface area contributed by atoms with Gasteiger partial charge in [0.1, 0.15) is 11.9 Å². The van der Waals surface area contributed by atoms with Gasteiger partial charge in [-0.15, -0.1) is 0 Å². The number of hydrogen-bond acceptors (Lipinski definition) is 3. The van der Waals surface area contributed by atoms with E-state index in [0.717, 1.165) is 23.2 Å². The number of pyridine rings is 1. The third-order valence-corrected chi connectivity index (χ3v) is 6.62. The molecule has 2 aliphatic rings. The molecule has 0 radical (unpaired) electrons. The monoisotopic (exact) mass is 379 g/mol. The van der Waals surface area contributed by atoms with Crippen molar-refractivity contribution in [3.63, 3.8) is 0 Å². The van der Waals surface area contributed by atoms with Crippen molar-refractivity contribution < 1.29 is 13.9 Å². The number of aromatic nitrogens is 1. The molecular formula is C24H26FNO2. The van der Waals surface area contributed by atoms with Crippen LogP contribution < -0.4 is 0 Å². The lowest BCUT2D eigenvalue weighted by molar-refractivity contribution is -0.144. The molecule has 2 fully saturated rings. The first-order valence-electron chi connectivity index (χ1n) is 10.0. The van der Waals surface area contributed by atoms with Crippen LogP contribution in [0.4, 0.5) is 4.39 Å². The SMILES string of the molecule is CC1CC2C(=O)OC(C)C2C(/C=C/c2ccc(-c3cccc(F)c3)cn2)C1C. The maximum atomic E-state index is 13.4. The highest BCUT2D eigenvalue weighted by Gasteiger charge is 2.51. The topological polar surface area (TPSA) is 39.2 Å². The van der Waals surface area contributed by atoms with Crippen LogP contribution in [0, 0.1) is 35.4 Å². The van der Waals surface area contributed by atoms with Crippen molar-refractivity contribution in [3.05, 3.63) is 60.2 Å². The second-order valence-corrected chi connectivity index (χ2v) is 8.32. The van der Waals surface area contributed by atoms with E-state index in [4.69, 9.17) is 4.74 Å². The van der Waals surface area contributed by atoms with E-state index in [0.29, 0.717) is 17.8 Å². The molecular weight excluding hydrogens is 353 g/mol. The van der Waals surface area contributed by atoms with Gasteiger partial charge >= 0.3 is 5.97 Å². The molecule has 1 aliphatic carbocycles. The van der Waals surface area contributed by atoms with Crippen LogP contribution in [0.1, 0.15) is 32.9 Å². The second kappa shape index (κ2) is 7.50. The van der Waals surface area contributed by atoms with Crippen molar-refractivity contribution >= 4 is 12.0 Å². The number of hydrogen-bond donors (Lipinski definition) is 0. The van der Waals surface area contributed by atoms with Gasteiger partial charge in [-0.25, -0.2) is 4.39 Å². The second-order valence-electron chi connectivity index (χ2n) is 8.32. The van der Waals surface area contributed by atoms with Crippen LogP contribution in [0.5, 0.6) is 0 Å². The molecule has 3 nitrogen and oxygen atoms in total. The van der Waals surface area contributed by atoms with Crippen LogP contribution in [0.2, 0.25) is 0 Å². The minimum absolute atomic E-state index is 0.0131. The molecule has 2 heterocycles. The van der Waals surface area contributed by atoms with Crippen LogP contribution in [-0.4, -0.2) is 17.1 Å². The van der Waals surface area contributed by atoms with Crippen LogP contribution in [0.15, 0.2) is 48.7 Å². The number of halogens is 1. The number of carbonyl (C=O) groups is 1. The lowest BCUT2D eigenvalue weighted by atomic mass is 9.62. The molecule has 1 aliphatic heterocycles. The normalized spacial score (nSPS) is 32.4. The minimum atomic E-state index is -0.251. The molecule has 146 valence electrons. The Balaban J connectivity index is 1.55. The van der Waals surface area contributed by atoms with Crippen LogP contribution in [0.3, 0.4) is 0 Å². The Morgan fingerprint density at radius 3 is 2.68 bits per heavy atom. The van der Waals surface area contributed by atoms with E-state index < -0.39 is 0 Å². The van der Waals surface area contributed by atoms with Crippen molar-refractivity contribution in [2.24, 2.45) is 29.6 Å². The fraction of sp³-hybridized carbons (Fsp3) is 0.417. The van der Waals surface area contributed by atoms with Gasteiger partial charge in [-0.1, -0.05) is 38.1 Å². The summed E-state index contributed by atoms with van der Waals surface area (Å²) >= 11 is 0. The summed E-state index contributed by atoms with van der Waals surface area (Å²) in [6.45, 7) is 6.51. The fourth-order valence-electron chi connectivity index (χ4n) is 4.87. The zero-order valence-corrected chi connectivity index (χ0v) is 16.5. The standard InChI is InChI=1S/C24H26FNO2/c1-14-11-22-23(16(3)28-24(22)27)21(15(14)2)10-9-20-8-7-18(13-26-20)17-5-4-6-19(25)12-17/h4-10,12-16,21-23H,11H2,1-3H3/b10-9+. The quantitative estimate of drug-likeness (QED) is 0.673. The van der Waals surface area contributed by atoms with Crippen molar-refractivity contribution in [3.8, 4) is 11.1 Å². The van der Waals surface area contributed by atoms with Gasteiger partial charge in [0.15, 0.2) is 0 Å². The highest BCUT2D eigenvalue weighted by atomic mass is 19.1. The smallest absolute Gasteiger partial charge is 0.309 e. The number of esters is 1. The van der Waals surface area contributed by atoms with E-state index in [1.165, 1.54) is 12.1 Å². The summed E-state index contributed by atoms with van der Waals surface area (Å²) in [5.41, 5.74) is 2.57. The number of rotatable bonds is 3. The zero-order chi connectivity index (χ0) is 19.8. The summed E-state index contributed by atoms with van der Waals surface area (Å²) in [4.78, 5) is 16.7. The maximum absolute atomic E-state index is 13.4. The maximum Gasteiger partial charge on any atom is 0.309 e. The van der Waals surface area contributed by atoms with E-state index in [1.54, 1.807) is 12.3 Å². The fourth-order valence-corrected chi connectivity index (χ4v) is 4.87. The first-order chi connectivity index (χ1) is 13.4. The Hall–Kier alpha value is -2.49. The summed E-state index contributed by atoms with van der Waals surface area (Å²) in [7, 11) is 0. The zero-order valence-electron chi connectivity index (χ0n) is 16.5. The molecule has 28 heavy (non-hydrogen) atoms.